The van der Waals surface area contributed by atoms with E-state index in [-0.39, 0.29) is 9.75 Å². The lowest BCUT2D eigenvalue weighted by Gasteiger charge is -2.21. The standard InChI is InChI=1S/C15H12F3NO3S/c16-15(17,18)12(8-9-4-2-1-3-5-9)19-13(20)10-6-7-11(23-10)14(21)22/h1-7,12H,8H2,(H,19,20)(H,21,22). The van der Waals surface area contributed by atoms with Crippen molar-refractivity contribution in [1.29, 1.82) is 0 Å². The summed E-state index contributed by atoms with van der Waals surface area (Å²) in [6.07, 6.45) is -5.01. The van der Waals surface area contributed by atoms with Gasteiger partial charge in [-0.25, -0.2) is 4.79 Å². The summed E-state index contributed by atoms with van der Waals surface area (Å²) in [4.78, 5) is 22.5. The fourth-order valence-electron chi connectivity index (χ4n) is 1.90. The van der Waals surface area contributed by atoms with E-state index in [4.69, 9.17) is 5.11 Å². The number of thiophene rings is 1. The molecule has 0 aliphatic heterocycles. The molecule has 0 aliphatic carbocycles. The number of halogens is 3. The van der Waals surface area contributed by atoms with Crippen LogP contribution in [0.3, 0.4) is 0 Å². The number of carboxylic acids is 1. The molecular weight excluding hydrogens is 331 g/mol. The third-order valence-electron chi connectivity index (χ3n) is 3.02. The van der Waals surface area contributed by atoms with Gasteiger partial charge >= 0.3 is 12.1 Å². The van der Waals surface area contributed by atoms with Gasteiger partial charge in [0.25, 0.3) is 5.91 Å². The molecule has 1 aromatic carbocycles. The van der Waals surface area contributed by atoms with Gasteiger partial charge in [-0.05, 0) is 17.7 Å². The Kier molecular flexibility index (Phi) is 5.05. The van der Waals surface area contributed by atoms with Crippen LogP contribution in [0.2, 0.25) is 0 Å². The summed E-state index contributed by atoms with van der Waals surface area (Å²) in [6, 6.07) is 8.32. The fourth-order valence-corrected chi connectivity index (χ4v) is 2.65. The molecule has 8 heteroatoms. The van der Waals surface area contributed by atoms with Crippen LogP contribution < -0.4 is 5.32 Å². The number of hydrogen-bond acceptors (Lipinski definition) is 3. The van der Waals surface area contributed by atoms with Crippen LogP contribution in [0.4, 0.5) is 13.2 Å². The molecular formula is C15H12F3NO3S. The quantitative estimate of drug-likeness (QED) is 0.875. The molecule has 0 radical (unpaired) electrons. The average molecular weight is 343 g/mol. The Labute approximate surface area is 133 Å². The van der Waals surface area contributed by atoms with E-state index in [9.17, 15) is 22.8 Å². The summed E-state index contributed by atoms with van der Waals surface area (Å²) >= 11 is 0.629. The van der Waals surface area contributed by atoms with Gasteiger partial charge in [-0.3, -0.25) is 4.79 Å². The van der Waals surface area contributed by atoms with Crippen molar-refractivity contribution in [3.05, 3.63) is 57.8 Å². The molecule has 0 spiro atoms. The number of carboxylic acid groups (broad SMARTS) is 1. The second-order valence-electron chi connectivity index (χ2n) is 4.73. The van der Waals surface area contributed by atoms with E-state index in [2.05, 4.69) is 0 Å². The Balaban J connectivity index is 2.13. The summed E-state index contributed by atoms with van der Waals surface area (Å²) < 4.78 is 39.3. The fraction of sp³-hybridized carbons (Fsp3) is 0.200. The normalized spacial score (nSPS) is 12.7. The van der Waals surface area contributed by atoms with Gasteiger partial charge in [0.15, 0.2) is 0 Å². The molecule has 1 aromatic heterocycles. The van der Waals surface area contributed by atoms with Crippen LogP contribution in [-0.2, 0) is 6.42 Å². The summed E-state index contributed by atoms with van der Waals surface area (Å²) in [5.74, 6) is -2.17. The first-order valence-electron chi connectivity index (χ1n) is 6.52. The maximum absolute atomic E-state index is 13.1. The molecule has 23 heavy (non-hydrogen) atoms. The number of rotatable bonds is 5. The van der Waals surface area contributed by atoms with Gasteiger partial charge in [0.2, 0.25) is 0 Å². The highest BCUT2D eigenvalue weighted by atomic mass is 32.1. The predicted molar refractivity (Wildman–Crippen MR) is 78.7 cm³/mol. The number of amides is 1. The molecule has 0 bridgehead atoms. The van der Waals surface area contributed by atoms with Gasteiger partial charge in [-0.1, -0.05) is 30.3 Å². The maximum Gasteiger partial charge on any atom is 0.408 e. The Morgan fingerprint density at radius 3 is 2.22 bits per heavy atom. The largest absolute Gasteiger partial charge is 0.477 e. The zero-order valence-electron chi connectivity index (χ0n) is 11.6. The van der Waals surface area contributed by atoms with Gasteiger partial charge in [0.1, 0.15) is 10.9 Å². The van der Waals surface area contributed by atoms with Gasteiger partial charge in [-0.15, -0.1) is 11.3 Å². The number of hydrogen-bond donors (Lipinski definition) is 2. The average Bonchev–Trinajstić information content (AvgIpc) is 2.96. The Morgan fingerprint density at radius 2 is 1.70 bits per heavy atom. The summed E-state index contributed by atoms with van der Waals surface area (Å²) in [5.41, 5.74) is 0.438. The lowest BCUT2D eigenvalue weighted by Crippen LogP contribution is -2.46. The smallest absolute Gasteiger partial charge is 0.408 e. The Hall–Kier alpha value is -2.35. The van der Waals surface area contributed by atoms with E-state index < -0.39 is 30.5 Å². The van der Waals surface area contributed by atoms with E-state index in [1.807, 2.05) is 5.32 Å². The third-order valence-corrected chi connectivity index (χ3v) is 4.10. The second-order valence-corrected chi connectivity index (χ2v) is 5.81. The van der Waals surface area contributed by atoms with Crippen LogP contribution in [0.25, 0.3) is 0 Å². The molecule has 1 amide bonds. The Morgan fingerprint density at radius 1 is 1.09 bits per heavy atom. The molecule has 2 N–H and O–H groups in total. The lowest BCUT2D eigenvalue weighted by atomic mass is 10.1. The molecule has 0 saturated carbocycles. The molecule has 0 saturated heterocycles. The molecule has 2 aromatic rings. The van der Waals surface area contributed by atoms with Gasteiger partial charge < -0.3 is 10.4 Å². The second kappa shape index (κ2) is 6.82. The number of carbonyl (C=O) groups excluding carboxylic acids is 1. The summed E-state index contributed by atoms with van der Waals surface area (Å²) in [7, 11) is 0. The minimum Gasteiger partial charge on any atom is -0.477 e. The molecule has 0 aliphatic rings. The van der Waals surface area contributed by atoms with Crippen molar-refractivity contribution >= 4 is 23.2 Å². The van der Waals surface area contributed by atoms with Crippen molar-refractivity contribution in [3.63, 3.8) is 0 Å². The molecule has 4 nitrogen and oxygen atoms in total. The number of nitrogens with one attached hydrogen (secondary N) is 1. The minimum atomic E-state index is -4.61. The van der Waals surface area contributed by atoms with Crippen LogP contribution in [0, 0.1) is 0 Å². The van der Waals surface area contributed by atoms with Crippen LogP contribution >= 0.6 is 11.3 Å². The zero-order chi connectivity index (χ0) is 17.0. The van der Waals surface area contributed by atoms with Crippen molar-refractivity contribution in [2.75, 3.05) is 0 Å². The Bertz CT molecular complexity index is 697. The molecule has 122 valence electrons. The molecule has 0 fully saturated rings. The van der Waals surface area contributed by atoms with Gasteiger partial charge in [-0.2, -0.15) is 13.2 Å². The summed E-state index contributed by atoms with van der Waals surface area (Å²) in [6.45, 7) is 0. The molecule has 1 unspecified atom stereocenters. The topological polar surface area (TPSA) is 66.4 Å². The van der Waals surface area contributed by atoms with Gasteiger partial charge in [0.05, 0.1) is 4.88 Å². The highest BCUT2D eigenvalue weighted by Crippen LogP contribution is 2.24. The van der Waals surface area contributed by atoms with Crippen molar-refractivity contribution in [2.24, 2.45) is 0 Å². The van der Waals surface area contributed by atoms with Crippen molar-refractivity contribution < 1.29 is 27.9 Å². The minimum absolute atomic E-state index is 0.0790. The number of benzene rings is 1. The van der Waals surface area contributed by atoms with E-state index in [1.165, 1.54) is 12.1 Å². The van der Waals surface area contributed by atoms with Crippen LogP contribution in [-0.4, -0.2) is 29.2 Å². The van der Waals surface area contributed by atoms with Crippen LogP contribution in [0.5, 0.6) is 0 Å². The van der Waals surface area contributed by atoms with E-state index >= 15 is 0 Å². The van der Waals surface area contributed by atoms with Crippen molar-refractivity contribution in [3.8, 4) is 0 Å². The maximum atomic E-state index is 13.1. The van der Waals surface area contributed by atoms with E-state index in [0.29, 0.717) is 16.9 Å². The van der Waals surface area contributed by atoms with Crippen molar-refractivity contribution in [2.45, 2.75) is 18.6 Å². The van der Waals surface area contributed by atoms with Gasteiger partial charge in [0, 0.05) is 6.42 Å². The lowest BCUT2D eigenvalue weighted by molar-refractivity contribution is -0.153. The highest BCUT2D eigenvalue weighted by Gasteiger charge is 2.40. The first-order valence-corrected chi connectivity index (χ1v) is 7.33. The number of aromatic carboxylic acids is 1. The number of carbonyl (C=O) groups is 2. The van der Waals surface area contributed by atoms with E-state index in [0.717, 1.165) is 0 Å². The van der Waals surface area contributed by atoms with Crippen LogP contribution in [0.1, 0.15) is 24.9 Å². The predicted octanol–water partition coefficient (Wildman–Crippen LogP) is 3.35. The molecule has 1 heterocycles. The van der Waals surface area contributed by atoms with Crippen molar-refractivity contribution in [1.82, 2.24) is 5.32 Å². The summed E-state index contributed by atoms with van der Waals surface area (Å²) in [5, 5.41) is 10.7. The van der Waals surface area contributed by atoms with Crippen LogP contribution in [0.15, 0.2) is 42.5 Å². The molecule has 2 rings (SSSR count). The first kappa shape index (κ1) is 17.0. The van der Waals surface area contributed by atoms with E-state index in [1.54, 1.807) is 30.3 Å². The molecule has 1 atom stereocenters. The SMILES string of the molecule is O=C(O)c1ccc(C(=O)NC(Cc2ccccc2)C(F)(F)F)s1. The highest BCUT2D eigenvalue weighted by molar-refractivity contribution is 7.15. The number of alkyl halides is 3. The first-order chi connectivity index (χ1) is 10.8. The zero-order valence-corrected chi connectivity index (χ0v) is 12.4. The third kappa shape index (κ3) is 4.56. The monoisotopic (exact) mass is 343 g/mol.